The number of aromatic nitrogens is 1. The number of carbonyl (C=O) groups is 2. The summed E-state index contributed by atoms with van der Waals surface area (Å²) in [5.74, 6) is -0.515. The first kappa shape index (κ1) is 13.5. The summed E-state index contributed by atoms with van der Waals surface area (Å²) >= 11 is 0. The summed E-state index contributed by atoms with van der Waals surface area (Å²) in [5.41, 5.74) is 5.02. The molecule has 2 heterocycles. The Morgan fingerprint density at radius 1 is 0.810 bits per heavy atom. The molecule has 1 aliphatic heterocycles. The summed E-state index contributed by atoms with van der Waals surface area (Å²) in [7, 11) is 0. The molecule has 0 N–H and O–H groups in total. The normalized spacial score (nSPS) is 13.8. The van der Waals surface area contributed by atoms with Crippen LogP contribution in [0.3, 0.4) is 0 Å². The van der Waals surface area contributed by atoms with E-state index in [1.54, 1.807) is 24.3 Å². The van der Waals surface area contributed by atoms with E-state index in [9.17, 15) is 9.59 Å². The Morgan fingerprint density at radius 2 is 1.24 bits per heavy atom. The molecule has 4 nitrogen and oxygen atoms in total. The van der Waals surface area contributed by atoms with E-state index in [0.29, 0.717) is 16.8 Å². The summed E-state index contributed by atoms with van der Waals surface area (Å²) in [6.45, 7) is 7.58. The van der Waals surface area contributed by atoms with Crippen LogP contribution in [0.5, 0.6) is 0 Å². The largest absolute Gasteiger partial charge is 0.268 e. The monoisotopic (exact) mass is 280 g/mol. The smallest absolute Gasteiger partial charge is 0.266 e. The first-order valence-electron chi connectivity index (χ1n) is 6.85. The lowest BCUT2D eigenvalue weighted by molar-refractivity contribution is 0.0925. The van der Waals surface area contributed by atoms with Gasteiger partial charge in [-0.2, -0.15) is 0 Å². The second kappa shape index (κ2) is 4.52. The number of amides is 2. The number of imide groups is 1. The van der Waals surface area contributed by atoms with Gasteiger partial charge in [0.25, 0.3) is 11.8 Å². The van der Waals surface area contributed by atoms with Gasteiger partial charge in [-0.1, -0.05) is 12.1 Å². The van der Waals surface area contributed by atoms with Crippen LogP contribution in [0.4, 0.5) is 5.69 Å². The highest BCUT2D eigenvalue weighted by Crippen LogP contribution is 2.34. The molecule has 3 rings (SSSR count). The number of aryl methyl sites for hydroxylation is 2. The number of fused-ring (bicyclic) bond motifs is 1. The van der Waals surface area contributed by atoms with Crippen molar-refractivity contribution in [2.24, 2.45) is 0 Å². The number of hydrogen-bond donors (Lipinski definition) is 0. The zero-order valence-electron chi connectivity index (χ0n) is 12.5. The molecule has 0 fully saturated rings. The van der Waals surface area contributed by atoms with Crippen molar-refractivity contribution in [3.8, 4) is 0 Å². The minimum atomic E-state index is -0.258. The summed E-state index contributed by atoms with van der Waals surface area (Å²) in [6.07, 6.45) is 0. The van der Waals surface area contributed by atoms with Gasteiger partial charge in [0.05, 0.1) is 16.8 Å². The van der Waals surface area contributed by atoms with E-state index in [2.05, 4.69) is 4.98 Å². The van der Waals surface area contributed by atoms with E-state index in [4.69, 9.17) is 0 Å². The summed E-state index contributed by atoms with van der Waals surface area (Å²) in [6, 6.07) is 6.94. The molecule has 4 heteroatoms. The van der Waals surface area contributed by atoms with Gasteiger partial charge in [-0.3, -0.25) is 14.6 Å². The number of rotatable bonds is 1. The number of benzene rings is 1. The quantitative estimate of drug-likeness (QED) is 0.754. The molecule has 0 atom stereocenters. The topological polar surface area (TPSA) is 50.3 Å². The predicted octanol–water partition coefficient (Wildman–Crippen LogP) is 3.12. The number of pyridine rings is 1. The first-order chi connectivity index (χ1) is 9.93. The van der Waals surface area contributed by atoms with Crippen LogP contribution in [-0.4, -0.2) is 16.8 Å². The summed E-state index contributed by atoms with van der Waals surface area (Å²) in [4.78, 5) is 31.0. The number of nitrogens with zero attached hydrogens (tertiary/aromatic N) is 2. The van der Waals surface area contributed by atoms with E-state index in [1.165, 1.54) is 4.90 Å². The second-order valence-corrected chi connectivity index (χ2v) is 5.37. The SMILES string of the molecule is Cc1nc(C)c(C)c(N2C(=O)c3ccccc3C2=O)c1C. The average Bonchev–Trinajstić information content (AvgIpc) is 2.71. The van der Waals surface area contributed by atoms with Crippen LogP contribution in [0.2, 0.25) is 0 Å². The van der Waals surface area contributed by atoms with Crippen LogP contribution in [0.1, 0.15) is 43.2 Å². The van der Waals surface area contributed by atoms with E-state index < -0.39 is 0 Å². The second-order valence-electron chi connectivity index (χ2n) is 5.37. The Kier molecular flexibility index (Phi) is 2.90. The standard InChI is InChI=1S/C17H16N2O2/c1-9-11(3)18-12(4)10(2)15(9)19-16(20)13-7-5-6-8-14(13)17(19)21/h5-8H,1-4H3. The van der Waals surface area contributed by atoms with Crippen LogP contribution < -0.4 is 4.90 Å². The van der Waals surface area contributed by atoms with Crippen molar-refractivity contribution in [2.75, 3.05) is 4.90 Å². The van der Waals surface area contributed by atoms with Gasteiger partial charge >= 0.3 is 0 Å². The molecule has 0 unspecified atom stereocenters. The third-order valence-electron chi connectivity index (χ3n) is 4.15. The molecule has 2 aromatic rings. The fourth-order valence-corrected chi connectivity index (χ4v) is 2.77. The van der Waals surface area contributed by atoms with Crippen LogP contribution >= 0.6 is 0 Å². The van der Waals surface area contributed by atoms with Crippen molar-refractivity contribution in [3.63, 3.8) is 0 Å². The van der Waals surface area contributed by atoms with Gasteiger partial charge in [0.1, 0.15) is 0 Å². The van der Waals surface area contributed by atoms with Gasteiger partial charge in [-0.25, -0.2) is 4.90 Å². The fraction of sp³-hybridized carbons (Fsp3) is 0.235. The van der Waals surface area contributed by atoms with Crippen molar-refractivity contribution in [1.29, 1.82) is 0 Å². The molecule has 21 heavy (non-hydrogen) atoms. The van der Waals surface area contributed by atoms with Crippen molar-refractivity contribution < 1.29 is 9.59 Å². The predicted molar refractivity (Wildman–Crippen MR) is 80.8 cm³/mol. The highest BCUT2D eigenvalue weighted by atomic mass is 16.2. The minimum absolute atomic E-state index is 0.258. The van der Waals surface area contributed by atoms with Gasteiger partial charge in [-0.05, 0) is 51.0 Å². The first-order valence-corrected chi connectivity index (χ1v) is 6.85. The molecule has 0 bridgehead atoms. The summed E-state index contributed by atoms with van der Waals surface area (Å²) < 4.78 is 0. The van der Waals surface area contributed by atoms with Gasteiger partial charge < -0.3 is 0 Å². The third kappa shape index (κ3) is 1.79. The molecule has 1 aromatic heterocycles. The molecule has 0 saturated heterocycles. The Labute approximate surface area is 123 Å². The summed E-state index contributed by atoms with van der Waals surface area (Å²) in [5, 5.41) is 0. The van der Waals surface area contributed by atoms with Crippen molar-refractivity contribution in [2.45, 2.75) is 27.7 Å². The Hall–Kier alpha value is -2.49. The molecule has 106 valence electrons. The lowest BCUT2D eigenvalue weighted by atomic mass is 10.1. The van der Waals surface area contributed by atoms with E-state index in [0.717, 1.165) is 22.5 Å². The minimum Gasteiger partial charge on any atom is -0.268 e. The van der Waals surface area contributed by atoms with Crippen LogP contribution in [0.25, 0.3) is 0 Å². The van der Waals surface area contributed by atoms with Gasteiger partial charge in [-0.15, -0.1) is 0 Å². The highest BCUT2D eigenvalue weighted by Gasteiger charge is 2.38. The molecular weight excluding hydrogens is 264 g/mol. The lowest BCUT2D eigenvalue weighted by Crippen LogP contribution is -2.31. The van der Waals surface area contributed by atoms with E-state index in [-0.39, 0.29) is 11.8 Å². The maximum absolute atomic E-state index is 12.6. The molecule has 0 aliphatic carbocycles. The zero-order valence-corrected chi connectivity index (χ0v) is 12.5. The van der Waals surface area contributed by atoms with Crippen molar-refractivity contribution >= 4 is 17.5 Å². The third-order valence-corrected chi connectivity index (χ3v) is 4.15. The number of anilines is 1. The lowest BCUT2D eigenvalue weighted by Gasteiger charge is -2.21. The molecule has 0 radical (unpaired) electrons. The Morgan fingerprint density at radius 3 is 1.67 bits per heavy atom. The van der Waals surface area contributed by atoms with Crippen LogP contribution in [0.15, 0.2) is 24.3 Å². The van der Waals surface area contributed by atoms with E-state index in [1.807, 2.05) is 27.7 Å². The number of hydrogen-bond acceptors (Lipinski definition) is 3. The van der Waals surface area contributed by atoms with Crippen LogP contribution in [0, 0.1) is 27.7 Å². The van der Waals surface area contributed by atoms with Crippen LogP contribution in [-0.2, 0) is 0 Å². The Bertz CT molecular complexity index is 732. The van der Waals surface area contributed by atoms with E-state index >= 15 is 0 Å². The molecule has 0 saturated carbocycles. The van der Waals surface area contributed by atoms with Crippen molar-refractivity contribution in [1.82, 2.24) is 4.98 Å². The number of carbonyl (C=O) groups excluding carboxylic acids is 2. The molecule has 0 spiro atoms. The Balaban J connectivity index is 2.25. The maximum Gasteiger partial charge on any atom is 0.266 e. The van der Waals surface area contributed by atoms with Gasteiger partial charge in [0, 0.05) is 11.4 Å². The highest BCUT2D eigenvalue weighted by molar-refractivity contribution is 6.34. The average molecular weight is 280 g/mol. The maximum atomic E-state index is 12.6. The molecule has 2 amide bonds. The molecule has 1 aromatic carbocycles. The van der Waals surface area contributed by atoms with Gasteiger partial charge in [0.15, 0.2) is 0 Å². The zero-order chi connectivity index (χ0) is 15.3. The van der Waals surface area contributed by atoms with Crippen molar-refractivity contribution in [3.05, 3.63) is 57.9 Å². The molecule has 1 aliphatic rings. The fourth-order valence-electron chi connectivity index (χ4n) is 2.77. The van der Waals surface area contributed by atoms with Gasteiger partial charge in [0.2, 0.25) is 0 Å². The molecular formula is C17H16N2O2.